The number of methoxy groups -OCH3 is 1. The number of aromatic nitrogens is 3. The van der Waals surface area contributed by atoms with Crippen LogP contribution in [-0.2, 0) is 16.1 Å². The van der Waals surface area contributed by atoms with Crippen molar-refractivity contribution in [3.8, 4) is 11.4 Å². The summed E-state index contributed by atoms with van der Waals surface area (Å²) in [6.45, 7) is 2.05. The largest absolute Gasteiger partial charge is 0.497 e. The Morgan fingerprint density at radius 3 is 2.61 bits per heavy atom. The number of nitrogens with zero attached hydrogens (tertiary/aromatic N) is 3. The third-order valence-corrected chi connectivity index (χ3v) is 5.05. The van der Waals surface area contributed by atoms with Crippen molar-refractivity contribution in [3.05, 3.63) is 65.7 Å². The van der Waals surface area contributed by atoms with E-state index >= 15 is 0 Å². The smallest absolute Gasteiger partial charge is 0.316 e. The average molecular weight is 444 g/mol. The molecule has 1 aromatic heterocycles. The van der Waals surface area contributed by atoms with Gasteiger partial charge in [-0.25, -0.2) is 4.39 Å². The minimum absolute atomic E-state index is 0.0273. The fraction of sp³-hybridized carbons (Fsp3) is 0.238. The Morgan fingerprint density at radius 2 is 1.94 bits per heavy atom. The molecule has 3 rings (SSSR count). The highest BCUT2D eigenvalue weighted by Crippen LogP contribution is 2.23. The molecule has 31 heavy (non-hydrogen) atoms. The third kappa shape index (κ3) is 5.82. The predicted octanol–water partition coefficient (Wildman–Crippen LogP) is 3.00. The first-order valence-corrected chi connectivity index (χ1v) is 10.4. The second-order valence-electron chi connectivity index (χ2n) is 6.22. The molecule has 1 heterocycles. The standard InChI is InChI=1S/C21H21FN4O4S/c1-3-30-19(27)13-31-21-25-24-18(26(21)16-6-4-5-15(22)11-16)12-23-20(28)14-7-9-17(29-2)10-8-14/h4-11H,3,12-13H2,1-2H3,(H,23,28). The van der Waals surface area contributed by atoms with Crippen LogP contribution in [-0.4, -0.2) is 46.1 Å². The molecule has 3 aromatic rings. The Kier molecular flexibility index (Phi) is 7.60. The van der Waals surface area contributed by atoms with Crippen LogP contribution in [0.25, 0.3) is 5.69 Å². The van der Waals surface area contributed by atoms with Gasteiger partial charge in [0.2, 0.25) is 0 Å². The van der Waals surface area contributed by atoms with Crippen LogP contribution in [0.4, 0.5) is 4.39 Å². The van der Waals surface area contributed by atoms with Crippen molar-refractivity contribution in [2.24, 2.45) is 0 Å². The van der Waals surface area contributed by atoms with Crippen molar-refractivity contribution in [2.75, 3.05) is 19.5 Å². The number of esters is 1. The molecule has 0 fully saturated rings. The molecule has 1 amide bonds. The molecule has 8 nitrogen and oxygen atoms in total. The van der Waals surface area contributed by atoms with Gasteiger partial charge in [-0.05, 0) is 49.4 Å². The lowest BCUT2D eigenvalue weighted by atomic mass is 10.2. The van der Waals surface area contributed by atoms with Gasteiger partial charge < -0.3 is 14.8 Å². The Bertz CT molecular complexity index is 1060. The molecule has 0 unspecified atom stereocenters. The molecule has 0 aliphatic heterocycles. The number of carbonyl (C=O) groups is 2. The first kappa shape index (κ1) is 22.3. The van der Waals surface area contributed by atoms with E-state index in [2.05, 4.69) is 15.5 Å². The number of nitrogens with one attached hydrogen (secondary N) is 1. The number of benzene rings is 2. The van der Waals surface area contributed by atoms with E-state index < -0.39 is 11.8 Å². The summed E-state index contributed by atoms with van der Waals surface area (Å²) < 4.78 is 25.4. The summed E-state index contributed by atoms with van der Waals surface area (Å²) in [5.74, 6) is -0.0717. The number of carbonyl (C=O) groups excluding carboxylic acids is 2. The average Bonchev–Trinajstić information content (AvgIpc) is 3.19. The maximum Gasteiger partial charge on any atom is 0.316 e. The van der Waals surface area contributed by atoms with Gasteiger partial charge in [-0.2, -0.15) is 0 Å². The van der Waals surface area contributed by atoms with Gasteiger partial charge in [0.15, 0.2) is 11.0 Å². The summed E-state index contributed by atoms with van der Waals surface area (Å²) in [7, 11) is 1.55. The van der Waals surface area contributed by atoms with Crippen LogP contribution >= 0.6 is 11.8 Å². The van der Waals surface area contributed by atoms with Crippen LogP contribution in [0.5, 0.6) is 5.75 Å². The monoisotopic (exact) mass is 444 g/mol. The van der Waals surface area contributed by atoms with Gasteiger partial charge in [0, 0.05) is 5.56 Å². The number of hydrogen-bond donors (Lipinski definition) is 1. The van der Waals surface area contributed by atoms with Crippen LogP contribution in [0.15, 0.2) is 53.7 Å². The van der Waals surface area contributed by atoms with E-state index in [1.54, 1.807) is 55.0 Å². The van der Waals surface area contributed by atoms with Gasteiger partial charge in [0.1, 0.15) is 11.6 Å². The summed E-state index contributed by atoms with van der Waals surface area (Å²) in [4.78, 5) is 24.2. The van der Waals surface area contributed by atoms with Gasteiger partial charge in [-0.1, -0.05) is 17.8 Å². The quantitative estimate of drug-likeness (QED) is 0.400. The summed E-state index contributed by atoms with van der Waals surface area (Å²) in [5, 5.41) is 11.4. The molecule has 0 radical (unpaired) electrons. The Labute approximate surface area is 182 Å². The van der Waals surface area contributed by atoms with Crippen molar-refractivity contribution in [1.29, 1.82) is 0 Å². The minimum atomic E-state index is -0.430. The molecule has 0 saturated heterocycles. The van der Waals surface area contributed by atoms with E-state index in [1.165, 1.54) is 12.1 Å². The molecule has 0 atom stereocenters. The maximum atomic E-state index is 13.8. The third-order valence-electron chi connectivity index (χ3n) is 4.15. The second kappa shape index (κ2) is 10.6. The van der Waals surface area contributed by atoms with Gasteiger partial charge in [-0.3, -0.25) is 14.2 Å². The first-order chi connectivity index (χ1) is 15.0. The highest BCUT2D eigenvalue weighted by Gasteiger charge is 2.17. The molecule has 0 aliphatic rings. The fourth-order valence-corrected chi connectivity index (χ4v) is 3.48. The SMILES string of the molecule is CCOC(=O)CSc1nnc(CNC(=O)c2ccc(OC)cc2)n1-c1cccc(F)c1. The number of amides is 1. The van der Waals surface area contributed by atoms with Crippen molar-refractivity contribution in [2.45, 2.75) is 18.6 Å². The number of ether oxygens (including phenoxy) is 2. The zero-order chi connectivity index (χ0) is 22.2. The lowest BCUT2D eigenvalue weighted by Gasteiger charge is -2.11. The molecule has 0 bridgehead atoms. The summed E-state index contributed by atoms with van der Waals surface area (Å²) in [6, 6.07) is 12.6. The van der Waals surface area contributed by atoms with E-state index in [0.717, 1.165) is 11.8 Å². The molecule has 0 aliphatic carbocycles. The Hall–Kier alpha value is -3.40. The molecular formula is C21H21FN4O4S. The molecule has 162 valence electrons. The lowest BCUT2D eigenvalue weighted by molar-refractivity contribution is -0.139. The molecule has 1 N–H and O–H groups in total. The minimum Gasteiger partial charge on any atom is -0.497 e. The van der Waals surface area contributed by atoms with Crippen molar-refractivity contribution < 1.29 is 23.5 Å². The molecular weight excluding hydrogens is 423 g/mol. The van der Waals surface area contributed by atoms with Crippen LogP contribution in [0.1, 0.15) is 23.1 Å². The lowest BCUT2D eigenvalue weighted by Crippen LogP contribution is -2.24. The number of hydrogen-bond acceptors (Lipinski definition) is 7. The van der Waals surface area contributed by atoms with Gasteiger partial charge in [0.25, 0.3) is 5.91 Å². The molecule has 0 saturated carbocycles. The highest BCUT2D eigenvalue weighted by molar-refractivity contribution is 7.99. The predicted molar refractivity (Wildman–Crippen MR) is 113 cm³/mol. The summed E-state index contributed by atoms with van der Waals surface area (Å²) in [5.41, 5.74) is 0.930. The zero-order valence-electron chi connectivity index (χ0n) is 17.0. The van der Waals surface area contributed by atoms with E-state index in [-0.39, 0.29) is 24.8 Å². The van der Waals surface area contributed by atoms with E-state index in [4.69, 9.17) is 9.47 Å². The topological polar surface area (TPSA) is 95.3 Å². The number of thioether (sulfide) groups is 1. The van der Waals surface area contributed by atoms with Crippen LogP contribution < -0.4 is 10.1 Å². The van der Waals surface area contributed by atoms with Crippen molar-refractivity contribution in [3.63, 3.8) is 0 Å². The zero-order valence-corrected chi connectivity index (χ0v) is 17.8. The fourth-order valence-electron chi connectivity index (χ4n) is 2.71. The van der Waals surface area contributed by atoms with E-state index in [9.17, 15) is 14.0 Å². The Balaban J connectivity index is 1.80. The molecule has 10 heteroatoms. The van der Waals surface area contributed by atoms with Crippen LogP contribution in [0.2, 0.25) is 0 Å². The van der Waals surface area contributed by atoms with Gasteiger partial charge in [0.05, 0.1) is 31.7 Å². The maximum absolute atomic E-state index is 13.8. The summed E-state index contributed by atoms with van der Waals surface area (Å²) in [6.07, 6.45) is 0. The number of rotatable bonds is 9. The van der Waals surface area contributed by atoms with Gasteiger partial charge in [-0.15, -0.1) is 10.2 Å². The number of halogens is 1. The molecule has 2 aromatic carbocycles. The van der Waals surface area contributed by atoms with Gasteiger partial charge >= 0.3 is 5.97 Å². The summed E-state index contributed by atoms with van der Waals surface area (Å²) >= 11 is 1.12. The van der Waals surface area contributed by atoms with E-state index in [1.807, 2.05) is 0 Å². The van der Waals surface area contributed by atoms with Crippen LogP contribution in [0, 0.1) is 5.82 Å². The normalized spacial score (nSPS) is 10.5. The second-order valence-corrected chi connectivity index (χ2v) is 7.16. The van der Waals surface area contributed by atoms with Crippen molar-refractivity contribution >= 4 is 23.6 Å². The van der Waals surface area contributed by atoms with E-state index in [0.29, 0.717) is 28.0 Å². The Morgan fingerprint density at radius 1 is 1.16 bits per heavy atom. The first-order valence-electron chi connectivity index (χ1n) is 9.42. The van der Waals surface area contributed by atoms with Crippen molar-refractivity contribution in [1.82, 2.24) is 20.1 Å². The van der Waals surface area contributed by atoms with Crippen LogP contribution in [0.3, 0.4) is 0 Å². The molecule has 0 spiro atoms. The highest BCUT2D eigenvalue weighted by atomic mass is 32.2.